The topological polar surface area (TPSA) is 54.8 Å². The molecule has 1 aromatic heterocycles. The molecule has 6 nitrogen and oxygen atoms in total. The molecule has 6 heteroatoms. The summed E-state index contributed by atoms with van der Waals surface area (Å²) in [6, 6.07) is 10.2. The lowest BCUT2D eigenvalue weighted by atomic mass is 9.73. The number of benzene rings is 1. The molecular formula is C22H29N3O3. The van der Waals surface area contributed by atoms with Crippen molar-refractivity contribution in [2.75, 3.05) is 39.9 Å². The third kappa shape index (κ3) is 3.78. The van der Waals surface area contributed by atoms with E-state index in [1.807, 2.05) is 32.7 Å². The Morgan fingerprint density at radius 3 is 2.89 bits per heavy atom. The molecule has 2 saturated heterocycles. The van der Waals surface area contributed by atoms with Crippen LogP contribution >= 0.6 is 0 Å². The first-order valence-corrected chi connectivity index (χ1v) is 10.2. The number of hydrogen-bond acceptors (Lipinski definition) is 3. The number of rotatable bonds is 5. The fourth-order valence-corrected chi connectivity index (χ4v) is 4.79. The van der Waals surface area contributed by atoms with Gasteiger partial charge in [0.05, 0.1) is 6.61 Å². The van der Waals surface area contributed by atoms with Crippen molar-refractivity contribution in [2.45, 2.75) is 32.2 Å². The van der Waals surface area contributed by atoms with Crippen molar-refractivity contribution in [1.82, 2.24) is 14.4 Å². The highest BCUT2D eigenvalue weighted by Gasteiger charge is 2.42. The van der Waals surface area contributed by atoms with Crippen molar-refractivity contribution in [3.8, 4) is 0 Å². The van der Waals surface area contributed by atoms with E-state index in [0.29, 0.717) is 26.1 Å². The SMILES string of the molecule is COCCN1CC2(CCCN(C(=O)Cn3ccc4ccccc43)C2)CCC1=O. The fraction of sp³-hybridized carbons (Fsp3) is 0.545. The van der Waals surface area contributed by atoms with Crippen LogP contribution < -0.4 is 0 Å². The summed E-state index contributed by atoms with van der Waals surface area (Å²) in [5, 5.41) is 1.16. The molecule has 1 spiro atoms. The van der Waals surface area contributed by atoms with Crippen LogP contribution in [0.15, 0.2) is 36.5 Å². The summed E-state index contributed by atoms with van der Waals surface area (Å²) < 4.78 is 7.20. The smallest absolute Gasteiger partial charge is 0.242 e. The quantitative estimate of drug-likeness (QED) is 0.797. The Hall–Kier alpha value is -2.34. The zero-order valence-electron chi connectivity index (χ0n) is 16.6. The lowest BCUT2D eigenvalue weighted by Gasteiger charge is -2.48. The molecule has 2 aliphatic rings. The van der Waals surface area contributed by atoms with Gasteiger partial charge >= 0.3 is 0 Å². The normalized spacial score (nSPS) is 23.0. The minimum absolute atomic E-state index is 0.0360. The number of ether oxygens (including phenoxy) is 1. The first kappa shape index (κ1) is 19.0. The van der Waals surface area contributed by atoms with E-state index in [9.17, 15) is 9.59 Å². The Morgan fingerprint density at radius 2 is 2.04 bits per heavy atom. The third-order valence-corrected chi connectivity index (χ3v) is 6.31. The predicted octanol–water partition coefficient (Wildman–Crippen LogP) is 2.52. The first-order chi connectivity index (χ1) is 13.6. The van der Waals surface area contributed by atoms with Gasteiger partial charge in [-0.3, -0.25) is 9.59 Å². The number of para-hydroxylation sites is 1. The van der Waals surface area contributed by atoms with Gasteiger partial charge in [0.25, 0.3) is 0 Å². The van der Waals surface area contributed by atoms with Crippen LogP contribution in [0.1, 0.15) is 25.7 Å². The van der Waals surface area contributed by atoms with E-state index >= 15 is 0 Å². The minimum Gasteiger partial charge on any atom is -0.383 e. The van der Waals surface area contributed by atoms with Crippen LogP contribution in [0.5, 0.6) is 0 Å². The number of nitrogens with zero attached hydrogens (tertiary/aromatic N) is 3. The van der Waals surface area contributed by atoms with Crippen molar-refractivity contribution in [3.05, 3.63) is 36.5 Å². The molecule has 0 N–H and O–H groups in total. The minimum atomic E-state index is 0.0360. The van der Waals surface area contributed by atoms with E-state index in [-0.39, 0.29) is 17.2 Å². The second-order valence-corrected chi connectivity index (χ2v) is 8.23. The molecule has 1 atom stereocenters. The number of likely N-dealkylation sites (tertiary alicyclic amines) is 2. The summed E-state index contributed by atoms with van der Waals surface area (Å²) in [6.07, 6.45) is 5.54. The van der Waals surface area contributed by atoms with Crippen LogP contribution in [0.25, 0.3) is 10.9 Å². The summed E-state index contributed by atoms with van der Waals surface area (Å²) >= 11 is 0. The Morgan fingerprint density at radius 1 is 1.18 bits per heavy atom. The van der Waals surface area contributed by atoms with Gasteiger partial charge in [0.15, 0.2) is 0 Å². The lowest BCUT2D eigenvalue weighted by molar-refractivity contribution is -0.143. The van der Waals surface area contributed by atoms with Gasteiger partial charge in [-0.05, 0) is 36.8 Å². The highest BCUT2D eigenvalue weighted by Crippen LogP contribution is 2.39. The summed E-state index contributed by atoms with van der Waals surface area (Å²) in [5.41, 5.74) is 1.13. The predicted molar refractivity (Wildman–Crippen MR) is 108 cm³/mol. The van der Waals surface area contributed by atoms with Crippen molar-refractivity contribution in [2.24, 2.45) is 5.41 Å². The van der Waals surface area contributed by atoms with Crippen molar-refractivity contribution in [1.29, 1.82) is 0 Å². The van der Waals surface area contributed by atoms with Crippen molar-refractivity contribution in [3.63, 3.8) is 0 Å². The standard InChI is InChI=1S/C22H29N3O3/c1-28-14-13-25-17-22(10-7-20(25)26)9-4-11-24(16-22)21(27)15-23-12-8-18-5-2-3-6-19(18)23/h2-3,5-6,8,12H,4,7,9-11,13-17H2,1H3. The van der Waals surface area contributed by atoms with E-state index in [1.165, 1.54) is 0 Å². The number of hydrogen-bond donors (Lipinski definition) is 0. The van der Waals surface area contributed by atoms with E-state index in [1.54, 1.807) is 7.11 Å². The summed E-state index contributed by atoms with van der Waals surface area (Å²) in [4.78, 5) is 29.3. The van der Waals surface area contributed by atoms with Crippen LogP contribution in [0.4, 0.5) is 0 Å². The number of fused-ring (bicyclic) bond motifs is 1. The van der Waals surface area contributed by atoms with Gasteiger partial charge in [0.2, 0.25) is 11.8 Å². The third-order valence-electron chi connectivity index (χ3n) is 6.31. The van der Waals surface area contributed by atoms with Crippen LogP contribution in [-0.2, 0) is 20.9 Å². The monoisotopic (exact) mass is 383 g/mol. The highest BCUT2D eigenvalue weighted by atomic mass is 16.5. The van der Waals surface area contributed by atoms with Gasteiger partial charge < -0.3 is 19.1 Å². The molecule has 0 aliphatic carbocycles. The molecule has 4 rings (SSSR count). The molecule has 2 aromatic rings. The Balaban J connectivity index is 1.44. The average Bonchev–Trinajstić information content (AvgIpc) is 3.12. The molecule has 28 heavy (non-hydrogen) atoms. The van der Waals surface area contributed by atoms with Crippen molar-refractivity contribution < 1.29 is 14.3 Å². The number of piperidine rings is 2. The van der Waals surface area contributed by atoms with Gasteiger partial charge in [-0.1, -0.05) is 18.2 Å². The van der Waals surface area contributed by atoms with Gasteiger partial charge in [0.1, 0.15) is 6.54 Å². The molecule has 1 aromatic carbocycles. The molecule has 2 amide bonds. The Kier molecular flexibility index (Phi) is 5.40. The molecule has 3 heterocycles. The fourth-order valence-electron chi connectivity index (χ4n) is 4.79. The number of amides is 2. The average molecular weight is 383 g/mol. The second kappa shape index (κ2) is 7.95. The van der Waals surface area contributed by atoms with Crippen molar-refractivity contribution >= 4 is 22.7 Å². The molecule has 2 fully saturated rings. The number of carbonyl (C=O) groups is 2. The van der Waals surface area contributed by atoms with E-state index < -0.39 is 0 Å². The lowest BCUT2D eigenvalue weighted by Crippen LogP contribution is -2.55. The number of aromatic nitrogens is 1. The Bertz CT molecular complexity index is 862. The number of methoxy groups -OCH3 is 1. The first-order valence-electron chi connectivity index (χ1n) is 10.2. The van der Waals surface area contributed by atoms with Crippen LogP contribution in [0.2, 0.25) is 0 Å². The molecule has 0 radical (unpaired) electrons. The van der Waals surface area contributed by atoms with Gasteiger partial charge in [0, 0.05) is 56.8 Å². The van der Waals surface area contributed by atoms with Gasteiger partial charge in [-0.2, -0.15) is 0 Å². The maximum atomic E-state index is 13.1. The van der Waals surface area contributed by atoms with Crippen LogP contribution in [-0.4, -0.2) is 66.1 Å². The Labute approximate surface area is 166 Å². The molecular weight excluding hydrogens is 354 g/mol. The summed E-state index contributed by atoms with van der Waals surface area (Å²) in [6.45, 7) is 3.88. The second-order valence-electron chi connectivity index (χ2n) is 8.23. The maximum absolute atomic E-state index is 13.1. The molecule has 150 valence electrons. The zero-order valence-corrected chi connectivity index (χ0v) is 16.6. The number of carbonyl (C=O) groups excluding carboxylic acids is 2. The molecule has 0 bridgehead atoms. The summed E-state index contributed by atoms with van der Waals surface area (Å²) in [5.74, 6) is 0.380. The largest absolute Gasteiger partial charge is 0.383 e. The molecule has 1 unspecified atom stereocenters. The van der Waals surface area contributed by atoms with Crippen LogP contribution in [0.3, 0.4) is 0 Å². The maximum Gasteiger partial charge on any atom is 0.242 e. The van der Waals surface area contributed by atoms with E-state index in [2.05, 4.69) is 18.2 Å². The van der Waals surface area contributed by atoms with Crippen LogP contribution in [0, 0.1) is 5.41 Å². The zero-order chi connectivity index (χ0) is 19.6. The van der Waals surface area contributed by atoms with Gasteiger partial charge in [-0.15, -0.1) is 0 Å². The molecule has 0 saturated carbocycles. The van der Waals surface area contributed by atoms with Gasteiger partial charge in [-0.25, -0.2) is 0 Å². The highest BCUT2D eigenvalue weighted by molar-refractivity contribution is 5.83. The summed E-state index contributed by atoms with van der Waals surface area (Å²) in [7, 11) is 1.66. The van der Waals surface area contributed by atoms with E-state index in [4.69, 9.17) is 4.74 Å². The molecule has 2 aliphatic heterocycles. The van der Waals surface area contributed by atoms with E-state index in [0.717, 1.165) is 49.8 Å².